The predicted octanol–water partition coefficient (Wildman–Crippen LogP) is 2.32. The van der Waals surface area contributed by atoms with E-state index in [-0.39, 0.29) is 12.4 Å². The highest BCUT2D eigenvalue weighted by molar-refractivity contribution is 5.99. The van der Waals surface area contributed by atoms with Gasteiger partial charge in [-0.15, -0.1) is 0 Å². The average Bonchev–Trinajstić information content (AvgIpc) is 2.42. The Balaban J connectivity index is 2.32. The first-order chi connectivity index (χ1) is 8.79. The maximum Gasteiger partial charge on any atom is 0.192 e. The molecule has 0 aliphatic carbocycles. The number of methoxy groups -OCH3 is 1. The molecule has 4 nitrogen and oxygen atoms in total. The molecule has 0 amide bonds. The summed E-state index contributed by atoms with van der Waals surface area (Å²) in [6.07, 6.45) is 0.986. The number of hydrogen-bond acceptors (Lipinski definition) is 4. The highest BCUT2D eigenvalue weighted by Crippen LogP contribution is 2.17. The van der Waals surface area contributed by atoms with Crippen molar-refractivity contribution in [1.29, 1.82) is 0 Å². The van der Waals surface area contributed by atoms with Gasteiger partial charge in [-0.2, -0.15) is 0 Å². The van der Waals surface area contributed by atoms with Crippen molar-refractivity contribution in [1.82, 2.24) is 0 Å². The zero-order chi connectivity index (χ0) is 13.2. The Labute approximate surface area is 108 Å². The minimum atomic E-state index is -0.0806. The summed E-state index contributed by atoms with van der Waals surface area (Å²) in [5.74, 6) is 0.497. The minimum Gasteiger partial charge on any atom is -0.496 e. The molecule has 0 saturated carbocycles. The normalized spacial score (nSPS) is 10.3. The van der Waals surface area contributed by atoms with Crippen molar-refractivity contribution < 1.29 is 19.0 Å². The lowest BCUT2D eigenvalue weighted by molar-refractivity contribution is 0.0440. The molecule has 1 aromatic rings. The first kappa shape index (κ1) is 14.7. The van der Waals surface area contributed by atoms with Gasteiger partial charge in [0.05, 0.1) is 25.9 Å². The Bertz CT molecular complexity index is 363. The Morgan fingerprint density at radius 2 is 1.83 bits per heavy atom. The van der Waals surface area contributed by atoms with Crippen LogP contribution >= 0.6 is 0 Å². The molecule has 0 radical (unpaired) electrons. The number of carbonyl (C=O) groups excluding carboxylic acids is 1. The van der Waals surface area contributed by atoms with Gasteiger partial charge in [-0.25, -0.2) is 0 Å². The quantitative estimate of drug-likeness (QED) is 0.500. The van der Waals surface area contributed by atoms with Gasteiger partial charge in [0.25, 0.3) is 0 Å². The van der Waals surface area contributed by atoms with E-state index < -0.39 is 0 Å². The van der Waals surface area contributed by atoms with Crippen LogP contribution in [0.1, 0.15) is 23.7 Å². The molecular formula is C14H20O4. The van der Waals surface area contributed by atoms with Crippen LogP contribution in [0, 0.1) is 0 Å². The maximum atomic E-state index is 11.9. The number of carbonyl (C=O) groups is 1. The highest BCUT2D eigenvalue weighted by Gasteiger charge is 2.11. The monoisotopic (exact) mass is 252 g/mol. The van der Waals surface area contributed by atoms with Crippen LogP contribution in [0.15, 0.2) is 24.3 Å². The SMILES string of the molecule is CCCOCCOCC(=O)c1ccccc1OC. The van der Waals surface area contributed by atoms with Crippen molar-refractivity contribution in [3.8, 4) is 5.75 Å². The number of rotatable bonds is 9. The standard InChI is InChI=1S/C14H20O4/c1-3-8-17-9-10-18-11-13(15)12-6-4-5-7-14(12)16-2/h4-7H,3,8-11H2,1-2H3. The zero-order valence-corrected chi connectivity index (χ0v) is 11.0. The third-order valence-corrected chi connectivity index (χ3v) is 2.36. The molecule has 1 aromatic carbocycles. The summed E-state index contributed by atoms with van der Waals surface area (Å²) < 4.78 is 15.6. The van der Waals surface area contributed by atoms with Gasteiger partial charge in [-0.3, -0.25) is 4.79 Å². The van der Waals surface area contributed by atoms with Gasteiger partial charge < -0.3 is 14.2 Å². The molecule has 0 unspecified atom stereocenters. The molecule has 0 bridgehead atoms. The van der Waals surface area contributed by atoms with Gasteiger partial charge in [0.1, 0.15) is 12.4 Å². The fourth-order valence-electron chi connectivity index (χ4n) is 1.48. The van der Waals surface area contributed by atoms with E-state index in [1.807, 2.05) is 13.0 Å². The summed E-state index contributed by atoms with van der Waals surface area (Å²) in [6.45, 7) is 3.78. The lowest BCUT2D eigenvalue weighted by Crippen LogP contribution is -2.13. The van der Waals surface area contributed by atoms with Crippen LogP contribution in [0.4, 0.5) is 0 Å². The largest absolute Gasteiger partial charge is 0.496 e. The maximum absolute atomic E-state index is 11.9. The second kappa shape index (κ2) is 8.66. The molecule has 100 valence electrons. The first-order valence-corrected chi connectivity index (χ1v) is 6.11. The third kappa shape index (κ3) is 4.85. The smallest absolute Gasteiger partial charge is 0.192 e. The average molecular weight is 252 g/mol. The summed E-state index contributed by atoms with van der Waals surface area (Å²) in [5, 5.41) is 0. The molecule has 0 aromatic heterocycles. The van der Waals surface area contributed by atoms with Crippen LogP contribution in [0.5, 0.6) is 5.75 Å². The van der Waals surface area contributed by atoms with Crippen molar-refractivity contribution in [2.24, 2.45) is 0 Å². The van der Waals surface area contributed by atoms with Gasteiger partial charge in [0.2, 0.25) is 0 Å². The van der Waals surface area contributed by atoms with Gasteiger partial charge in [-0.1, -0.05) is 19.1 Å². The molecule has 4 heteroatoms. The fourth-order valence-corrected chi connectivity index (χ4v) is 1.48. The lowest BCUT2D eigenvalue weighted by Gasteiger charge is -2.08. The fraction of sp³-hybridized carbons (Fsp3) is 0.500. The van der Waals surface area contributed by atoms with Crippen LogP contribution in [0.25, 0.3) is 0 Å². The van der Waals surface area contributed by atoms with E-state index in [4.69, 9.17) is 14.2 Å². The van der Waals surface area contributed by atoms with Gasteiger partial charge in [0, 0.05) is 6.61 Å². The topological polar surface area (TPSA) is 44.8 Å². The molecule has 0 aliphatic rings. The molecule has 1 rings (SSSR count). The van der Waals surface area contributed by atoms with Crippen molar-refractivity contribution in [2.75, 3.05) is 33.5 Å². The lowest BCUT2D eigenvalue weighted by atomic mass is 10.1. The molecule has 0 heterocycles. The van der Waals surface area contributed by atoms with E-state index in [1.54, 1.807) is 25.3 Å². The van der Waals surface area contributed by atoms with Crippen LogP contribution in [-0.4, -0.2) is 39.3 Å². The van der Waals surface area contributed by atoms with Crippen molar-refractivity contribution >= 4 is 5.78 Å². The summed E-state index contributed by atoms with van der Waals surface area (Å²) >= 11 is 0. The summed E-state index contributed by atoms with van der Waals surface area (Å²) in [5.41, 5.74) is 0.550. The van der Waals surface area contributed by atoms with Crippen LogP contribution in [0.3, 0.4) is 0 Å². The Morgan fingerprint density at radius 3 is 2.56 bits per heavy atom. The van der Waals surface area contributed by atoms with Crippen molar-refractivity contribution in [3.05, 3.63) is 29.8 Å². The summed E-state index contributed by atoms with van der Waals surface area (Å²) in [6, 6.07) is 7.13. The number of benzene rings is 1. The Hall–Kier alpha value is -1.39. The minimum absolute atomic E-state index is 0.0514. The second-order valence-electron chi connectivity index (χ2n) is 3.79. The number of ether oxygens (including phenoxy) is 3. The molecule has 0 aliphatic heterocycles. The molecule has 0 N–H and O–H groups in total. The van der Waals surface area contributed by atoms with E-state index >= 15 is 0 Å². The molecule has 18 heavy (non-hydrogen) atoms. The Morgan fingerprint density at radius 1 is 1.11 bits per heavy atom. The van der Waals surface area contributed by atoms with Crippen LogP contribution in [-0.2, 0) is 9.47 Å². The van der Waals surface area contributed by atoms with Crippen molar-refractivity contribution in [2.45, 2.75) is 13.3 Å². The number of Topliss-reactive ketones (excluding diaryl/α,β-unsaturated/α-hetero) is 1. The number of para-hydroxylation sites is 1. The Kier molecular flexibility index (Phi) is 7.06. The van der Waals surface area contributed by atoms with Crippen molar-refractivity contribution in [3.63, 3.8) is 0 Å². The van der Waals surface area contributed by atoms with Gasteiger partial charge in [0.15, 0.2) is 5.78 Å². The first-order valence-electron chi connectivity index (χ1n) is 6.11. The summed E-state index contributed by atoms with van der Waals surface area (Å²) in [7, 11) is 1.55. The van der Waals surface area contributed by atoms with Gasteiger partial charge >= 0.3 is 0 Å². The number of ketones is 1. The van der Waals surface area contributed by atoms with E-state index in [1.165, 1.54) is 0 Å². The molecule has 0 spiro atoms. The summed E-state index contributed by atoms with van der Waals surface area (Å²) in [4.78, 5) is 11.9. The van der Waals surface area contributed by atoms with E-state index in [9.17, 15) is 4.79 Å². The zero-order valence-electron chi connectivity index (χ0n) is 11.0. The highest BCUT2D eigenvalue weighted by atomic mass is 16.5. The molecular weight excluding hydrogens is 232 g/mol. The van der Waals surface area contributed by atoms with E-state index in [0.29, 0.717) is 24.5 Å². The molecule has 0 atom stereocenters. The van der Waals surface area contributed by atoms with Crippen LogP contribution < -0.4 is 4.74 Å². The van der Waals surface area contributed by atoms with E-state index in [0.717, 1.165) is 13.0 Å². The van der Waals surface area contributed by atoms with Gasteiger partial charge in [-0.05, 0) is 18.6 Å². The van der Waals surface area contributed by atoms with E-state index in [2.05, 4.69) is 0 Å². The number of hydrogen-bond donors (Lipinski definition) is 0. The van der Waals surface area contributed by atoms with Crippen LogP contribution in [0.2, 0.25) is 0 Å². The predicted molar refractivity (Wildman–Crippen MR) is 69.3 cm³/mol. The molecule has 0 saturated heterocycles. The molecule has 0 fully saturated rings. The second-order valence-corrected chi connectivity index (χ2v) is 3.79. The third-order valence-electron chi connectivity index (χ3n) is 2.36.